The molecule has 0 spiro atoms. The topological polar surface area (TPSA) is 35.6 Å². The van der Waals surface area contributed by atoms with Gasteiger partial charge in [0.05, 0.1) is 6.04 Å². The second kappa shape index (κ2) is 6.57. The molecular weight excluding hydrogens is 238 g/mol. The number of rotatable bonds is 2. The fourth-order valence-electron chi connectivity index (χ4n) is 2.65. The van der Waals surface area contributed by atoms with Crippen molar-refractivity contribution in [3.8, 4) is 0 Å². The summed E-state index contributed by atoms with van der Waals surface area (Å²) in [5.74, 6) is 0.323. The first-order chi connectivity index (χ1) is 7.68. The molecule has 4 nitrogen and oxygen atoms in total. The van der Waals surface area contributed by atoms with E-state index in [0.717, 1.165) is 32.5 Å². The first-order valence-electron chi connectivity index (χ1n) is 6.37. The Morgan fingerprint density at radius 3 is 2.59 bits per heavy atom. The van der Waals surface area contributed by atoms with Crippen LogP contribution in [0.2, 0.25) is 0 Å². The van der Waals surface area contributed by atoms with Gasteiger partial charge in [0.1, 0.15) is 0 Å². The van der Waals surface area contributed by atoms with Crippen LogP contribution in [0, 0.1) is 0 Å². The summed E-state index contributed by atoms with van der Waals surface area (Å²) >= 11 is 0. The van der Waals surface area contributed by atoms with Crippen LogP contribution in [0.15, 0.2) is 0 Å². The highest BCUT2D eigenvalue weighted by Crippen LogP contribution is 2.17. The molecule has 17 heavy (non-hydrogen) atoms. The van der Waals surface area contributed by atoms with E-state index in [4.69, 9.17) is 0 Å². The normalized spacial score (nSPS) is 29.2. The Hall–Kier alpha value is -0.320. The summed E-state index contributed by atoms with van der Waals surface area (Å²) in [6.07, 6.45) is 4.53. The molecule has 2 aliphatic rings. The van der Waals surface area contributed by atoms with E-state index in [1.165, 1.54) is 12.8 Å². The van der Waals surface area contributed by atoms with Gasteiger partial charge in [-0.05, 0) is 39.9 Å². The molecule has 100 valence electrons. The average molecular weight is 262 g/mol. The molecule has 2 fully saturated rings. The Morgan fingerprint density at radius 2 is 2.06 bits per heavy atom. The van der Waals surface area contributed by atoms with Gasteiger partial charge in [0.15, 0.2) is 0 Å². The van der Waals surface area contributed by atoms with Gasteiger partial charge in [0.25, 0.3) is 0 Å². The van der Waals surface area contributed by atoms with Crippen molar-refractivity contribution in [2.45, 2.75) is 37.8 Å². The lowest BCUT2D eigenvalue weighted by Crippen LogP contribution is -2.48. The third kappa shape index (κ3) is 3.57. The molecule has 2 aliphatic heterocycles. The van der Waals surface area contributed by atoms with Gasteiger partial charge >= 0.3 is 0 Å². The number of halogens is 1. The van der Waals surface area contributed by atoms with Crippen molar-refractivity contribution in [2.75, 3.05) is 33.7 Å². The molecule has 1 unspecified atom stereocenters. The lowest BCUT2D eigenvalue weighted by molar-refractivity contribution is -0.133. The largest absolute Gasteiger partial charge is 0.340 e. The SMILES string of the molecule is CN(C)C1CCN(C(=O)[C@@H]2CCCCN2)C1.Cl. The van der Waals surface area contributed by atoms with Crippen LogP contribution in [-0.2, 0) is 4.79 Å². The van der Waals surface area contributed by atoms with Crippen molar-refractivity contribution in [1.29, 1.82) is 0 Å². The Balaban J connectivity index is 0.00000144. The summed E-state index contributed by atoms with van der Waals surface area (Å²) in [4.78, 5) is 16.5. The van der Waals surface area contributed by atoms with Gasteiger partial charge in [-0.25, -0.2) is 0 Å². The van der Waals surface area contributed by atoms with Gasteiger partial charge in [-0.1, -0.05) is 6.42 Å². The average Bonchev–Trinajstić information content (AvgIpc) is 2.78. The number of likely N-dealkylation sites (tertiary alicyclic amines) is 1. The highest BCUT2D eigenvalue weighted by atomic mass is 35.5. The minimum atomic E-state index is 0. The lowest BCUT2D eigenvalue weighted by atomic mass is 10.0. The number of hydrogen-bond acceptors (Lipinski definition) is 3. The van der Waals surface area contributed by atoms with Gasteiger partial charge in [-0.3, -0.25) is 4.79 Å². The predicted octanol–water partition coefficient (Wildman–Crippen LogP) is 0.713. The molecular formula is C12H24ClN3O. The summed E-state index contributed by atoms with van der Waals surface area (Å²) < 4.78 is 0. The van der Waals surface area contributed by atoms with Crippen LogP contribution >= 0.6 is 12.4 Å². The number of carbonyl (C=O) groups is 1. The molecule has 2 rings (SSSR count). The number of amides is 1. The maximum Gasteiger partial charge on any atom is 0.239 e. The Bertz CT molecular complexity index is 254. The third-order valence-electron chi connectivity index (χ3n) is 3.81. The van der Waals surface area contributed by atoms with Crippen LogP contribution in [0.5, 0.6) is 0 Å². The summed E-state index contributed by atoms with van der Waals surface area (Å²) in [5, 5.41) is 3.33. The number of nitrogens with one attached hydrogen (secondary N) is 1. The molecule has 2 heterocycles. The van der Waals surface area contributed by atoms with E-state index in [0.29, 0.717) is 11.9 Å². The van der Waals surface area contributed by atoms with Crippen molar-refractivity contribution in [3.63, 3.8) is 0 Å². The van der Waals surface area contributed by atoms with Crippen molar-refractivity contribution >= 4 is 18.3 Å². The maximum absolute atomic E-state index is 12.2. The second-order valence-corrected chi connectivity index (χ2v) is 5.19. The number of carbonyl (C=O) groups excluding carboxylic acids is 1. The van der Waals surface area contributed by atoms with Crippen LogP contribution < -0.4 is 5.32 Å². The van der Waals surface area contributed by atoms with E-state index < -0.39 is 0 Å². The second-order valence-electron chi connectivity index (χ2n) is 5.19. The molecule has 0 aromatic rings. The van der Waals surface area contributed by atoms with Crippen LogP contribution in [0.25, 0.3) is 0 Å². The van der Waals surface area contributed by atoms with Crippen LogP contribution in [0.3, 0.4) is 0 Å². The van der Waals surface area contributed by atoms with E-state index >= 15 is 0 Å². The van der Waals surface area contributed by atoms with Crippen LogP contribution in [-0.4, -0.2) is 61.5 Å². The minimum Gasteiger partial charge on any atom is -0.340 e. The molecule has 1 amide bonds. The number of hydrogen-bond donors (Lipinski definition) is 1. The highest BCUT2D eigenvalue weighted by molar-refractivity contribution is 5.85. The van der Waals surface area contributed by atoms with E-state index in [-0.39, 0.29) is 18.4 Å². The smallest absolute Gasteiger partial charge is 0.239 e. The quantitative estimate of drug-likeness (QED) is 0.796. The standard InChI is InChI=1S/C12H23N3O.ClH/c1-14(2)10-6-8-15(9-10)12(16)11-5-3-4-7-13-11;/h10-11,13H,3-9H2,1-2H3;1H/t10?,11-;/m0./s1. The highest BCUT2D eigenvalue weighted by Gasteiger charge is 2.31. The van der Waals surface area contributed by atoms with Crippen molar-refractivity contribution < 1.29 is 4.79 Å². The first-order valence-corrected chi connectivity index (χ1v) is 6.37. The van der Waals surface area contributed by atoms with Gasteiger partial charge in [-0.2, -0.15) is 0 Å². The van der Waals surface area contributed by atoms with E-state index in [2.05, 4.69) is 24.3 Å². The molecule has 0 aliphatic carbocycles. The molecule has 0 saturated carbocycles. The molecule has 0 aromatic carbocycles. The number of likely N-dealkylation sites (N-methyl/N-ethyl adjacent to an activating group) is 1. The number of piperidine rings is 1. The molecule has 0 bridgehead atoms. The Labute approximate surface area is 110 Å². The van der Waals surface area contributed by atoms with Gasteiger partial charge < -0.3 is 15.1 Å². The molecule has 0 radical (unpaired) electrons. The molecule has 0 aromatic heterocycles. The van der Waals surface area contributed by atoms with Crippen molar-refractivity contribution in [2.24, 2.45) is 0 Å². The van der Waals surface area contributed by atoms with Gasteiger partial charge in [0, 0.05) is 19.1 Å². The summed E-state index contributed by atoms with van der Waals surface area (Å²) in [6.45, 7) is 2.84. The molecule has 2 saturated heterocycles. The monoisotopic (exact) mass is 261 g/mol. The zero-order valence-electron chi connectivity index (χ0n) is 10.8. The van der Waals surface area contributed by atoms with Crippen LogP contribution in [0.1, 0.15) is 25.7 Å². The van der Waals surface area contributed by atoms with Gasteiger partial charge in [-0.15, -0.1) is 12.4 Å². The summed E-state index contributed by atoms with van der Waals surface area (Å²) in [5.41, 5.74) is 0. The lowest BCUT2D eigenvalue weighted by Gasteiger charge is -2.28. The molecule has 1 N–H and O–H groups in total. The van der Waals surface area contributed by atoms with Crippen molar-refractivity contribution in [3.05, 3.63) is 0 Å². The van der Waals surface area contributed by atoms with E-state index in [1.54, 1.807) is 0 Å². The van der Waals surface area contributed by atoms with E-state index in [9.17, 15) is 4.79 Å². The van der Waals surface area contributed by atoms with Gasteiger partial charge in [0.2, 0.25) is 5.91 Å². The van der Waals surface area contributed by atoms with E-state index in [1.807, 2.05) is 4.90 Å². The Morgan fingerprint density at radius 1 is 1.29 bits per heavy atom. The molecule has 2 atom stereocenters. The first kappa shape index (κ1) is 14.7. The molecule has 5 heteroatoms. The predicted molar refractivity (Wildman–Crippen MR) is 71.6 cm³/mol. The van der Waals surface area contributed by atoms with Crippen LogP contribution in [0.4, 0.5) is 0 Å². The zero-order chi connectivity index (χ0) is 11.5. The maximum atomic E-state index is 12.2. The summed E-state index contributed by atoms with van der Waals surface area (Å²) in [7, 11) is 4.19. The fraction of sp³-hybridized carbons (Fsp3) is 0.917. The zero-order valence-corrected chi connectivity index (χ0v) is 11.6. The van der Waals surface area contributed by atoms with Crippen molar-refractivity contribution in [1.82, 2.24) is 15.1 Å². The minimum absolute atomic E-state index is 0. The Kier molecular flexibility index (Phi) is 5.70. The number of nitrogens with zero attached hydrogens (tertiary/aromatic N) is 2. The summed E-state index contributed by atoms with van der Waals surface area (Å²) in [6, 6.07) is 0.641. The third-order valence-corrected chi connectivity index (χ3v) is 3.81. The fourth-order valence-corrected chi connectivity index (χ4v) is 2.65.